The van der Waals surface area contributed by atoms with Gasteiger partial charge in [-0.25, -0.2) is 9.18 Å². The number of aryl methyl sites for hydroxylation is 1. The fourth-order valence-corrected chi connectivity index (χ4v) is 5.30. The molecule has 5 nitrogen and oxygen atoms in total. The molecular formula is C28H28Cl2FN3O2. The largest absolute Gasteiger partial charge is 0.333 e. The number of likely N-dealkylation sites (tertiary alicyclic amines) is 1. The molecule has 8 heteroatoms. The average molecular weight is 528 g/mol. The molecule has 0 amide bonds. The monoisotopic (exact) mass is 527 g/mol. The molecule has 0 unspecified atom stereocenters. The third-order valence-electron chi connectivity index (χ3n) is 6.97. The molecule has 1 saturated heterocycles. The first-order chi connectivity index (χ1) is 16.9. The van der Waals surface area contributed by atoms with Gasteiger partial charge in [0, 0.05) is 24.6 Å². The molecular weight excluding hydrogens is 500 g/mol. The van der Waals surface area contributed by atoms with E-state index in [1.165, 1.54) is 12.1 Å². The predicted octanol–water partition coefficient (Wildman–Crippen LogP) is 5.91. The Morgan fingerprint density at radius 3 is 2.36 bits per heavy atom. The van der Waals surface area contributed by atoms with E-state index < -0.39 is 0 Å². The maximum Gasteiger partial charge on any atom is 0.333 e. The number of ketones is 1. The predicted molar refractivity (Wildman–Crippen MR) is 144 cm³/mol. The summed E-state index contributed by atoms with van der Waals surface area (Å²) in [5.74, 6) is -0.305. The molecule has 0 saturated carbocycles. The molecule has 0 N–H and O–H groups in total. The van der Waals surface area contributed by atoms with E-state index in [9.17, 15) is 14.0 Å². The van der Waals surface area contributed by atoms with Gasteiger partial charge in [-0.15, -0.1) is 12.4 Å². The number of piperidine rings is 1. The van der Waals surface area contributed by atoms with Crippen LogP contribution in [0.2, 0.25) is 5.02 Å². The van der Waals surface area contributed by atoms with Crippen molar-refractivity contribution in [3.63, 3.8) is 0 Å². The normalized spacial score (nSPS) is 14.6. The zero-order valence-electron chi connectivity index (χ0n) is 20.0. The van der Waals surface area contributed by atoms with Crippen molar-refractivity contribution in [3.05, 3.63) is 99.2 Å². The summed E-state index contributed by atoms with van der Waals surface area (Å²) >= 11 is 6.45. The molecule has 188 valence electrons. The second-order valence-corrected chi connectivity index (χ2v) is 9.56. The molecule has 0 aliphatic carbocycles. The highest BCUT2D eigenvalue weighted by molar-refractivity contribution is 6.32. The van der Waals surface area contributed by atoms with Crippen molar-refractivity contribution in [2.24, 2.45) is 5.92 Å². The molecule has 36 heavy (non-hydrogen) atoms. The summed E-state index contributed by atoms with van der Waals surface area (Å²) in [4.78, 5) is 28.7. The lowest BCUT2D eigenvalue weighted by atomic mass is 9.89. The van der Waals surface area contributed by atoms with Crippen LogP contribution in [-0.2, 0) is 6.54 Å². The number of Topliss-reactive ketones (excluding diaryl/α,β-unsaturated/α-hetero) is 1. The van der Waals surface area contributed by atoms with Gasteiger partial charge in [0.25, 0.3) is 0 Å². The molecule has 1 aliphatic heterocycles. The zero-order chi connectivity index (χ0) is 24.5. The van der Waals surface area contributed by atoms with Gasteiger partial charge in [-0.3, -0.25) is 13.9 Å². The van der Waals surface area contributed by atoms with Crippen molar-refractivity contribution < 1.29 is 9.18 Å². The van der Waals surface area contributed by atoms with E-state index in [1.54, 1.807) is 22.8 Å². The molecule has 3 aromatic carbocycles. The van der Waals surface area contributed by atoms with Gasteiger partial charge in [-0.1, -0.05) is 35.9 Å². The number of rotatable bonds is 6. The van der Waals surface area contributed by atoms with Gasteiger partial charge in [-0.05, 0) is 80.9 Å². The maximum atomic E-state index is 13.6. The van der Waals surface area contributed by atoms with Crippen LogP contribution in [0, 0.1) is 18.7 Å². The topological polar surface area (TPSA) is 47.2 Å². The summed E-state index contributed by atoms with van der Waals surface area (Å²) in [5.41, 5.74) is 3.93. The van der Waals surface area contributed by atoms with Crippen molar-refractivity contribution in [2.45, 2.75) is 26.3 Å². The minimum absolute atomic E-state index is 0. The van der Waals surface area contributed by atoms with Crippen molar-refractivity contribution in [2.75, 3.05) is 19.6 Å². The third kappa shape index (κ3) is 4.99. The van der Waals surface area contributed by atoms with Gasteiger partial charge in [0.1, 0.15) is 5.82 Å². The molecule has 4 aromatic rings. The summed E-state index contributed by atoms with van der Waals surface area (Å²) in [6.07, 6.45) is 1.51. The number of aromatic nitrogens is 2. The number of para-hydroxylation sites is 2. The number of benzene rings is 3. The van der Waals surface area contributed by atoms with Crippen LogP contribution in [0.25, 0.3) is 16.7 Å². The van der Waals surface area contributed by atoms with Crippen molar-refractivity contribution in [1.29, 1.82) is 0 Å². The average Bonchev–Trinajstić information content (AvgIpc) is 3.15. The Labute approximate surface area is 220 Å². The lowest BCUT2D eigenvalue weighted by molar-refractivity contribution is 0.0837. The Bertz CT molecular complexity index is 1440. The van der Waals surface area contributed by atoms with Crippen LogP contribution in [0.3, 0.4) is 0 Å². The standard InChI is InChI=1S/C28H27ClFN3O2.ClH/c1-19-5-4-8-25-26(19)32(28(35)33(25)24-7-3-2-6-23(24)29)18-17-31-15-13-21(14-16-31)27(34)20-9-11-22(30)12-10-20;/h2-12,21H,13-18H2,1H3;1H. The number of hydrogen-bond acceptors (Lipinski definition) is 3. The fourth-order valence-electron chi connectivity index (χ4n) is 5.08. The van der Waals surface area contributed by atoms with Crippen LogP contribution in [0.1, 0.15) is 28.8 Å². The quantitative estimate of drug-likeness (QED) is 0.293. The molecule has 0 bridgehead atoms. The van der Waals surface area contributed by atoms with Crippen LogP contribution in [0.4, 0.5) is 4.39 Å². The first-order valence-corrected chi connectivity index (χ1v) is 12.3. The molecule has 0 spiro atoms. The van der Waals surface area contributed by atoms with E-state index in [1.807, 2.05) is 47.9 Å². The molecule has 5 rings (SSSR count). The van der Waals surface area contributed by atoms with Gasteiger partial charge >= 0.3 is 5.69 Å². The number of halogens is 3. The van der Waals surface area contributed by atoms with E-state index in [0.29, 0.717) is 29.4 Å². The number of hydrogen-bond donors (Lipinski definition) is 0. The van der Waals surface area contributed by atoms with Gasteiger partial charge in [-0.2, -0.15) is 0 Å². The molecule has 1 aromatic heterocycles. The van der Waals surface area contributed by atoms with Gasteiger partial charge in [0.05, 0.1) is 21.7 Å². The first-order valence-electron chi connectivity index (χ1n) is 11.9. The van der Waals surface area contributed by atoms with E-state index in [4.69, 9.17) is 11.6 Å². The third-order valence-corrected chi connectivity index (χ3v) is 7.29. The number of carbonyl (C=O) groups is 1. The van der Waals surface area contributed by atoms with Gasteiger partial charge in [0.2, 0.25) is 0 Å². The fraction of sp³-hybridized carbons (Fsp3) is 0.286. The smallest absolute Gasteiger partial charge is 0.302 e. The molecule has 0 radical (unpaired) electrons. The summed E-state index contributed by atoms with van der Waals surface area (Å²) in [6, 6.07) is 19.1. The Morgan fingerprint density at radius 2 is 1.67 bits per heavy atom. The molecule has 1 fully saturated rings. The van der Waals surface area contributed by atoms with E-state index in [-0.39, 0.29) is 35.6 Å². The second kappa shape index (κ2) is 11.0. The van der Waals surface area contributed by atoms with Crippen LogP contribution in [0.5, 0.6) is 0 Å². The minimum Gasteiger partial charge on any atom is -0.302 e. The van der Waals surface area contributed by atoms with Crippen LogP contribution >= 0.6 is 24.0 Å². The number of carbonyl (C=O) groups excluding carboxylic acids is 1. The van der Waals surface area contributed by atoms with E-state index in [2.05, 4.69) is 4.90 Å². The highest BCUT2D eigenvalue weighted by Gasteiger charge is 2.26. The van der Waals surface area contributed by atoms with Crippen LogP contribution in [0.15, 0.2) is 71.5 Å². The summed E-state index contributed by atoms with van der Waals surface area (Å²) in [7, 11) is 0. The molecule has 0 atom stereocenters. The highest BCUT2D eigenvalue weighted by Crippen LogP contribution is 2.26. The Morgan fingerprint density at radius 1 is 0.972 bits per heavy atom. The van der Waals surface area contributed by atoms with E-state index >= 15 is 0 Å². The maximum absolute atomic E-state index is 13.6. The Hall–Kier alpha value is -2.93. The Balaban J connectivity index is 0.00000304. The summed E-state index contributed by atoms with van der Waals surface area (Å²) in [5, 5.41) is 0.531. The Kier molecular flexibility index (Phi) is 7.98. The summed E-state index contributed by atoms with van der Waals surface area (Å²) < 4.78 is 16.7. The highest BCUT2D eigenvalue weighted by atomic mass is 35.5. The van der Waals surface area contributed by atoms with Crippen molar-refractivity contribution in [3.8, 4) is 5.69 Å². The van der Waals surface area contributed by atoms with Crippen molar-refractivity contribution in [1.82, 2.24) is 14.0 Å². The van der Waals surface area contributed by atoms with Crippen LogP contribution < -0.4 is 5.69 Å². The first kappa shape index (κ1) is 26.1. The number of nitrogens with zero attached hydrogens (tertiary/aromatic N) is 3. The number of fused-ring (bicyclic) bond motifs is 1. The second-order valence-electron chi connectivity index (χ2n) is 9.15. The SMILES string of the molecule is Cc1cccc2c1n(CCN1CCC(C(=O)c3ccc(F)cc3)CC1)c(=O)n2-c1ccccc1Cl.Cl. The summed E-state index contributed by atoms with van der Waals surface area (Å²) in [6.45, 7) is 4.85. The van der Waals surface area contributed by atoms with Gasteiger partial charge in [0.15, 0.2) is 5.78 Å². The van der Waals surface area contributed by atoms with Crippen LogP contribution in [-0.4, -0.2) is 39.5 Å². The molecule has 2 heterocycles. The zero-order valence-corrected chi connectivity index (χ0v) is 21.6. The number of imidazole rings is 1. The van der Waals surface area contributed by atoms with Crippen molar-refractivity contribution >= 4 is 40.8 Å². The lowest BCUT2D eigenvalue weighted by Crippen LogP contribution is -2.39. The van der Waals surface area contributed by atoms with E-state index in [0.717, 1.165) is 42.5 Å². The molecule has 1 aliphatic rings. The minimum atomic E-state index is -0.335. The lowest BCUT2D eigenvalue weighted by Gasteiger charge is -2.31. The van der Waals surface area contributed by atoms with Gasteiger partial charge < -0.3 is 4.90 Å².